The first-order chi connectivity index (χ1) is 18.0. The van der Waals surface area contributed by atoms with Gasteiger partial charge in [0.1, 0.15) is 0 Å². The largest absolute Gasteiger partial charge is 0.490 e. The van der Waals surface area contributed by atoms with E-state index in [9.17, 15) is 26.7 Å². The molecule has 3 N–H and O–H groups in total. The third-order valence-electron chi connectivity index (χ3n) is 5.75. The van der Waals surface area contributed by atoms with Gasteiger partial charge in [-0.05, 0) is 66.1 Å². The van der Waals surface area contributed by atoms with Crippen LogP contribution < -0.4 is 5.73 Å². The number of carbonyl (C=O) groups is 2. The van der Waals surface area contributed by atoms with Gasteiger partial charge >= 0.3 is 12.1 Å². The van der Waals surface area contributed by atoms with Crippen LogP contribution >= 0.6 is 0 Å². The van der Waals surface area contributed by atoms with Crippen molar-refractivity contribution in [1.29, 1.82) is 0 Å². The van der Waals surface area contributed by atoms with Gasteiger partial charge in [-0.1, -0.05) is 30.2 Å². The fourth-order valence-electron chi connectivity index (χ4n) is 3.77. The van der Waals surface area contributed by atoms with Crippen molar-refractivity contribution in [3.8, 4) is 11.8 Å². The van der Waals surface area contributed by atoms with Gasteiger partial charge in [0.2, 0.25) is 0 Å². The van der Waals surface area contributed by atoms with Crippen LogP contribution in [0.15, 0.2) is 59.0 Å². The molecule has 0 unspecified atom stereocenters. The van der Waals surface area contributed by atoms with Crippen LogP contribution in [0, 0.1) is 23.5 Å². The van der Waals surface area contributed by atoms with Gasteiger partial charge in [0.25, 0.3) is 5.91 Å². The zero-order valence-electron chi connectivity index (χ0n) is 19.9. The van der Waals surface area contributed by atoms with Crippen molar-refractivity contribution in [2.45, 2.75) is 31.5 Å². The molecule has 6 nitrogen and oxygen atoms in total. The summed E-state index contributed by atoms with van der Waals surface area (Å²) in [5.41, 5.74) is 8.44. The Kier molecular flexibility index (Phi) is 9.25. The van der Waals surface area contributed by atoms with Gasteiger partial charge in [-0.15, -0.1) is 0 Å². The quantitative estimate of drug-likeness (QED) is 0.361. The summed E-state index contributed by atoms with van der Waals surface area (Å²) in [5.74, 6) is 1.56. The van der Waals surface area contributed by atoms with Gasteiger partial charge < -0.3 is 20.2 Å². The van der Waals surface area contributed by atoms with Crippen LogP contribution in [0.3, 0.4) is 0 Å². The number of aliphatic carboxylic acids is 1. The maximum absolute atomic E-state index is 13.3. The number of nitrogens with two attached hydrogens (primary N) is 1. The van der Waals surface area contributed by atoms with Crippen LogP contribution in [0.4, 0.5) is 22.0 Å². The highest BCUT2D eigenvalue weighted by atomic mass is 19.4. The molecule has 2 aromatic carbocycles. The SMILES string of the molecule is NCc1cccc(C2CCN(C(=O)c3ccc(C#Cc4ccc(F)c(F)c4)o3)CC2)c1.O=C(O)C(F)(F)F. The van der Waals surface area contributed by atoms with Crippen molar-refractivity contribution in [3.63, 3.8) is 0 Å². The summed E-state index contributed by atoms with van der Waals surface area (Å²) < 4.78 is 63.6. The number of furan rings is 1. The van der Waals surface area contributed by atoms with E-state index in [0.717, 1.165) is 30.5 Å². The smallest absolute Gasteiger partial charge is 0.475 e. The molecule has 0 bridgehead atoms. The highest BCUT2D eigenvalue weighted by molar-refractivity contribution is 5.91. The van der Waals surface area contributed by atoms with Gasteiger partial charge in [-0.2, -0.15) is 13.2 Å². The maximum Gasteiger partial charge on any atom is 0.490 e. The van der Waals surface area contributed by atoms with E-state index >= 15 is 0 Å². The Bertz CT molecular complexity index is 1350. The van der Waals surface area contributed by atoms with Crippen LogP contribution in [0.25, 0.3) is 0 Å². The molecule has 38 heavy (non-hydrogen) atoms. The number of likely N-dealkylation sites (tertiary alicyclic amines) is 1. The van der Waals surface area contributed by atoms with Crippen molar-refractivity contribution < 1.29 is 41.1 Å². The Morgan fingerprint density at radius 3 is 2.29 bits per heavy atom. The monoisotopic (exact) mass is 534 g/mol. The number of hydrogen-bond acceptors (Lipinski definition) is 4. The van der Waals surface area contributed by atoms with Crippen LogP contribution in [0.1, 0.15) is 51.8 Å². The van der Waals surface area contributed by atoms with Crippen LogP contribution in [0.5, 0.6) is 0 Å². The van der Waals surface area contributed by atoms with Gasteiger partial charge in [-0.25, -0.2) is 13.6 Å². The Hall–Kier alpha value is -4.17. The van der Waals surface area contributed by atoms with Gasteiger partial charge in [0.15, 0.2) is 23.2 Å². The number of rotatable bonds is 3. The Labute approximate surface area is 214 Å². The number of amides is 1. The summed E-state index contributed by atoms with van der Waals surface area (Å²) in [6, 6.07) is 14.9. The number of alkyl halides is 3. The molecule has 1 aliphatic heterocycles. The molecule has 1 saturated heterocycles. The molecule has 2 heterocycles. The number of benzene rings is 2. The lowest BCUT2D eigenvalue weighted by Crippen LogP contribution is -2.37. The Balaban J connectivity index is 0.000000505. The van der Waals surface area contributed by atoms with Crippen LogP contribution in [0.2, 0.25) is 0 Å². The number of carbonyl (C=O) groups excluding carboxylic acids is 1. The average Bonchev–Trinajstić information content (AvgIpc) is 3.38. The molecule has 1 amide bonds. The third-order valence-corrected chi connectivity index (χ3v) is 5.75. The molecule has 0 aliphatic carbocycles. The summed E-state index contributed by atoms with van der Waals surface area (Å²) in [6.45, 7) is 1.81. The normalized spacial score (nSPS) is 13.7. The summed E-state index contributed by atoms with van der Waals surface area (Å²) >= 11 is 0. The number of halogens is 5. The number of nitrogens with zero attached hydrogens (tertiary/aromatic N) is 1. The van der Waals surface area contributed by atoms with E-state index in [1.54, 1.807) is 17.0 Å². The molecule has 11 heteroatoms. The first kappa shape index (κ1) is 28.4. The van der Waals surface area contributed by atoms with E-state index in [-0.39, 0.29) is 11.7 Å². The molecule has 0 spiro atoms. The lowest BCUT2D eigenvalue weighted by molar-refractivity contribution is -0.192. The number of carboxylic acid groups (broad SMARTS) is 1. The zero-order valence-corrected chi connectivity index (χ0v) is 19.9. The molecule has 1 aromatic heterocycles. The molecular weight excluding hydrogens is 511 g/mol. The second kappa shape index (κ2) is 12.4. The first-order valence-corrected chi connectivity index (χ1v) is 11.4. The standard InChI is InChI=1S/C25H22F2N2O2.C2HF3O2/c26-22-8-5-17(15-23(22)27)4-6-21-7-9-24(31-21)25(30)29-12-10-19(11-13-29)20-3-1-2-18(14-20)16-28;3-2(4,5)1(6)7/h1-3,5,7-9,14-15,19H,10-13,16,28H2;(H,6,7). The molecule has 200 valence electrons. The minimum atomic E-state index is -5.08. The summed E-state index contributed by atoms with van der Waals surface area (Å²) in [7, 11) is 0. The topological polar surface area (TPSA) is 96.8 Å². The Morgan fingerprint density at radius 1 is 1.00 bits per heavy atom. The number of carboxylic acids is 1. The van der Waals surface area contributed by atoms with E-state index in [4.69, 9.17) is 20.1 Å². The molecule has 1 fully saturated rings. The minimum absolute atomic E-state index is 0.171. The van der Waals surface area contributed by atoms with E-state index in [2.05, 4.69) is 24.0 Å². The molecule has 4 rings (SSSR count). The average molecular weight is 534 g/mol. The molecule has 0 radical (unpaired) electrons. The van der Waals surface area contributed by atoms with Gasteiger partial charge in [-0.3, -0.25) is 4.79 Å². The lowest BCUT2D eigenvalue weighted by atomic mass is 9.88. The van der Waals surface area contributed by atoms with E-state index in [0.29, 0.717) is 36.9 Å². The maximum atomic E-state index is 13.3. The summed E-state index contributed by atoms with van der Waals surface area (Å²) in [4.78, 5) is 23.5. The second-order valence-electron chi connectivity index (χ2n) is 8.36. The first-order valence-electron chi connectivity index (χ1n) is 11.4. The van der Waals surface area contributed by atoms with Gasteiger partial charge in [0, 0.05) is 25.2 Å². The van der Waals surface area contributed by atoms with Crippen molar-refractivity contribution in [3.05, 3.63) is 94.4 Å². The fraction of sp³-hybridized carbons (Fsp3) is 0.259. The van der Waals surface area contributed by atoms with E-state index < -0.39 is 23.8 Å². The van der Waals surface area contributed by atoms with Crippen molar-refractivity contribution in [2.75, 3.05) is 13.1 Å². The van der Waals surface area contributed by atoms with Crippen LogP contribution in [-0.2, 0) is 11.3 Å². The summed E-state index contributed by atoms with van der Waals surface area (Å²) in [5, 5.41) is 7.12. The van der Waals surface area contributed by atoms with Gasteiger partial charge in [0.05, 0.1) is 0 Å². The van der Waals surface area contributed by atoms with Crippen molar-refractivity contribution in [1.82, 2.24) is 4.90 Å². The third kappa shape index (κ3) is 7.66. The van der Waals surface area contributed by atoms with E-state index in [1.807, 2.05) is 12.1 Å². The highest BCUT2D eigenvalue weighted by Gasteiger charge is 2.38. The number of hydrogen-bond donors (Lipinski definition) is 2. The predicted octanol–water partition coefficient (Wildman–Crippen LogP) is 5.07. The molecule has 0 atom stereocenters. The zero-order chi connectivity index (χ0) is 27.9. The molecule has 0 saturated carbocycles. The molecule has 1 aliphatic rings. The molecule has 3 aromatic rings. The van der Waals surface area contributed by atoms with Crippen LogP contribution in [-0.4, -0.2) is 41.1 Å². The summed E-state index contributed by atoms with van der Waals surface area (Å²) in [6.07, 6.45) is -3.33. The molecular formula is C27H23F5N2O4. The van der Waals surface area contributed by atoms with Crippen molar-refractivity contribution >= 4 is 11.9 Å². The Morgan fingerprint density at radius 2 is 1.68 bits per heavy atom. The number of piperidine rings is 1. The van der Waals surface area contributed by atoms with Crippen molar-refractivity contribution in [2.24, 2.45) is 5.73 Å². The minimum Gasteiger partial charge on any atom is -0.475 e. The highest BCUT2D eigenvalue weighted by Crippen LogP contribution is 2.29. The second-order valence-corrected chi connectivity index (χ2v) is 8.36. The predicted molar refractivity (Wildman–Crippen MR) is 127 cm³/mol. The lowest BCUT2D eigenvalue weighted by Gasteiger charge is -2.31. The van der Waals surface area contributed by atoms with E-state index in [1.165, 1.54) is 11.6 Å². The fourth-order valence-corrected chi connectivity index (χ4v) is 3.77.